The van der Waals surface area contributed by atoms with E-state index in [1.807, 2.05) is 11.9 Å². The van der Waals surface area contributed by atoms with Crippen LogP contribution in [0.25, 0.3) is 5.57 Å². The Morgan fingerprint density at radius 3 is 2.88 bits per heavy atom. The summed E-state index contributed by atoms with van der Waals surface area (Å²) in [4.78, 5) is 23.4. The SMILES string of the molecule is CN1C(=O)N2CC=C(c3cncnc3)C1C2. The van der Waals surface area contributed by atoms with Crippen molar-refractivity contribution in [1.82, 2.24) is 19.8 Å². The second-order valence-electron chi connectivity index (χ2n) is 4.10. The minimum absolute atomic E-state index is 0.105. The van der Waals surface area contributed by atoms with Crippen molar-refractivity contribution in [3.63, 3.8) is 0 Å². The van der Waals surface area contributed by atoms with Gasteiger partial charge < -0.3 is 9.80 Å². The molecule has 2 aliphatic rings. The normalized spacial score (nSPS) is 23.7. The number of rotatable bonds is 1. The molecule has 0 spiro atoms. The third kappa shape index (κ3) is 1.21. The van der Waals surface area contributed by atoms with Gasteiger partial charge in [-0.1, -0.05) is 6.08 Å². The molecule has 3 rings (SSSR count). The molecule has 82 valence electrons. The summed E-state index contributed by atoms with van der Waals surface area (Å²) >= 11 is 0. The first kappa shape index (κ1) is 9.33. The van der Waals surface area contributed by atoms with Gasteiger partial charge in [-0.05, 0) is 5.57 Å². The lowest BCUT2D eigenvalue weighted by atomic mass is 9.98. The highest BCUT2D eigenvalue weighted by molar-refractivity contribution is 5.85. The van der Waals surface area contributed by atoms with Crippen LogP contribution in [0.15, 0.2) is 24.8 Å². The van der Waals surface area contributed by atoms with Crippen LogP contribution in [0, 0.1) is 0 Å². The molecule has 16 heavy (non-hydrogen) atoms. The van der Waals surface area contributed by atoms with Crippen molar-refractivity contribution in [1.29, 1.82) is 0 Å². The number of nitrogens with zero attached hydrogens (tertiary/aromatic N) is 4. The van der Waals surface area contributed by atoms with E-state index in [0.717, 1.165) is 17.7 Å². The number of hydrogen-bond acceptors (Lipinski definition) is 3. The van der Waals surface area contributed by atoms with E-state index in [9.17, 15) is 4.79 Å². The van der Waals surface area contributed by atoms with Crippen LogP contribution in [0.2, 0.25) is 0 Å². The van der Waals surface area contributed by atoms with Crippen molar-refractivity contribution in [2.75, 3.05) is 20.1 Å². The molecule has 1 aromatic rings. The standard InChI is InChI=1S/C11H12N4O/c1-14-10-6-15(11(14)16)3-2-9(10)8-4-12-7-13-5-8/h2,4-5,7,10H,3,6H2,1H3. The van der Waals surface area contributed by atoms with E-state index in [-0.39, 0.29) is 12.1 Å². The van der Waals surface area contributed by atoms with Crippen LogP contribution in [0.3, 0.4) is 0 Å². The van der Waals surface area contributed by atoms with Crippen molar-refractivity contribution in [2.24, 2.45) is 0 Å². The first-order valence-corrected chi connectivity index (χ1v) is 5.24. The Bertz CT molecular complexity index is 456. The van der Waals surface area contributed by atoms with E-state index in [0.29, 0.717) is 6.54 Å². The third-order valence-corrected chi connectivity index (χ3v) is 3.22. The molecule has 0 N–H and O–H groups in total. The molecule has 3 heterocycles. The highest BCUT2D eigenvalue weighted by Crippen LogP contribution is 2.30. The number of aromatic nitrogens is 2. The highest BCUT2D eigenvalue weighted by Gasteiger charge is 2.39. The maximum absolute atomic E-state index is 11.8. The minimum atomic E-state index is 0.105. The Morgan fingerprint density at radius 1 is 1.38 bits per heavy atom. The van der Waals surface area contributed by atoms with Gasteiger partial charge in [0.2, 0.25) is 0 Å². The van der Waals surface area contributed by atoms with Crippen molar-refractivity contribution < 1.29 is 4.79 Å². The molecule has 5 heteroatoms. The first-order chi connectivity index (χ1) is 7.77. The topological polar surface area (TPSA) is 49.3 Å². The van der Waals surface area contributed by atoms with E-state index < -0.39 is 0 Å². The predicted molar refractivity (Wildman–Crippen MR) is 58.5 cm³/mol. The summed E-state index contributed by atoms with van der Waals surface area (Å²) in [5.74, 6) is 0. The smallest absolute Gasteiger partial charge is 0.319 e. The van der Waals surface area contributed by atoms with Gasteiger partial charge in [-0.3, -0.25) is 0 Å². The zero-order chi connectivity index (χ0) is 11.1. The molecule has 0 aromatic carbocycles. The van der Waals surface area contributed by atoms with Crippen LogP contribution in [-0.2, 0) is 0 Å². The number of carbonyl (C=O) groups is 1. The van der Waals surface area contributed by atoms with E-state index in [1.165, 1.54) is 6.33 Å². The van der Waals surface area contributed by atoms with Gasteiger partial charge in [0.25, 0.3) is 0 Å². The summed E-state index contributed by atoms with van der Waals surface area (Å²) in [5.41, 5.74) is 2.17. The van der Waals surface area contributed by atoms with E-state index >= 15 is 0 Å². The van der Waals surface area contributed by atoms with E-state index in [4.69, 9.17) is 0 Å². The highest BCUT2D eigenvalue weighted by atomic mass is 16.2. The molecular weight excluding hydrogens is 204 g/mol. The summed E-state index contributed by atoms with van der Waals surface area (Å²) in [7, 11) is 1.84. The van der Waals surface area contributed by atoms with Gasteiger partial charge in [0.15, 0.2) is 0 Å². The molecule has 2 amide bonds. The van der Waals surface area contributed by atoms with E-state index in [1.54, 1.807) is 17.3 Å². The third-order valence-electron chi connectivity index (χ3n) is 3.22. The molecule has 1 unspecified atom stereocenters. The molecule has 1 atom stereocenters. The maximum atomic E-state index is 11.8. The number of urea groups is 1. The molecule has 1 aromatic heterocycles. The van der Waals surface area contributed by atoms with Crippen LogP contribution < -0.4 is 0 Å². The lowest BCUT2D eigenvalue weighted by Crippen LogP contribution is -2.30. The molecule has 1 fully saturated rings. The predicted octanol–water partition coefficient (Wildman–Crippen LogP) is 0.610. The van der Waals surface area contributed by atoms with Gasteiger partial charge in [-0.2, -0.15) is 0 Å². The average Bonchev–Trinajstić information content (AvgIpc) is 2.56. The number of amides is 2. The second-order valence-corrected chi connectivity index (χ2v) is 4.10. The fourth-order valence-corrected chi connectivity index (χ4v) is 2.33. The first-order valence-electron chi connectivity index (χ1n) is 5.24. The molecule has 2 bridgehead atoms. The zero-order valence-corrected chi connectivity index (χ0v) is 9.00. The van der Waals surface area contributed by atoms with E-state index in [2.05, 4.69) is 16.0 Å². The minimum Gasteiger partial charge on any atom is -0.319 e. The Labute approximate surface area is 93.4 Å². The molecule has 0 radical (unpaired) electrons. The van der Waals surface area contributed by atoms with Crippen molar-refractivity contribution in [2.45, 2.75) is 6.04 Å². The fraction of sp³-hybridized carbons (Fsp3) is 0.364. The molecule has 1 saturated heterocycles. The van der Waals surface area contributed by atoms with Crippen LogP contribution in [0.4, 0.5) is 4.79 Å². The lowest BCUT2D eigenvalue weighted by Gasteiger charge is -2.23. The fourth-order valence-electron chi connectivity index (χ4n) is 2.33. The van der Waals surface area contributed by atoms with Gasteiger partial charge in [0.1, 0.15) is 6.33 Å². The molecule has 2 aliphatic heterocycles. The molecule has 0 saturated carbocycles. The number of fused-ring (bicyclic) bond motifs is 2. The summed E-state index contributed by atoms with van der Waals surface area (Å²) < 4.78 is 0. The molecule has 5 nitrogen and oxygen atoms in total. The Balaban J connectivity index is 1.99. The number of carbonyl (C=O) groups excluding carboxylic acids is 1. The quantitative estimate of drug-likeness (QED) is 0.691. The largest absolute Gasteiger partial charge is 0.320 e. The summed E-state index contributed by atoms with van der Waals surface area (Å²) in [5, 5.41) is 0. The van der Waals surface area contributed by atoms with Crippen LogP contribution in [0.5, 0.6) is 0 Å². The summed E-state index contributed by atoms with van der Waals surface area (Å²) in [6, 6.07) is 0.250. The summed E-state index contributed by atoms with van der Waals surface area (Å²) in [6.07, 6.45) is 7.20. The molecule has 0 aliphatic carbocycles. The van der Waals surface area contributed by atoms with Crippen molar-refractivity contribution >= 4 is 11.6 Å². The molecular formula is C11H12N4O. The van der Waals surface area contributed by atoms with Crippen molar-refractivity contribution in [3.05, 3.63) is 30.4 Å². The van der Waals surface area contributed by atoms with Crippen LogP contribution in [0.1, 0.15) is 5.56 Å². The number of hydrogen-bond donors (Lipinski definition) is 0. The van der Waals surface area contributed by atoms with Gasteiger partial charge in [0.05, 0.1) is 6.04 Å². The van der Waals surface area contributed by atoms with Gasteiger partial charge in [-0.15, -0.1) is 0 Å². The Morgan fingerprint density at radius 2 is 2.12 bits per heavy atom. The van der Waals surface area contributed by atoms with Crippen molar-refractivity contribution in [3.8, 4) is 0 Å². The lowest BCUT2D eigenvalue weighted by molar-refractivity contribution is 0.202. The van der Waals surface area contributed by atoms with Crippen LogP contribution >= 0.6 is 0 Å². The van der Waals surface area contributed by atoms with Gasteiger partial charge >= 0.3 is 6.03 Å². The van der Waals surface area contributed by atoms with Crippen LogP contribution in [-0.4, -0.2) is 52.0 Å². The maximum Gasteiger partial charge on any atom is 0.320 e. The Hall–Kier alpha value is -1.91. The second kappa shape index (κ2) is 3.30. The number of likely N-dealkylation sites (N-methyl/N-ethyl adjacent to an activating group) is 1. The van der Waals surface area contributed by atoms with Gasteiger partial charge in [-0.25, -0.2) is 14.8 Å². The van der Waals surface area contributed by atoms with Gasteiger partial charge in [0, 0.05) is 38.1 Å². The zero-order valence-electron chi connectivity index (χ0n) is 9.00. The summed E-state index contributed by atoms with van der Waals surface area (Å²) in [6.45, 7) is 1.46. The Kier molecular flexibility index (Phi) is 1.92. The average molecular weight is 216 g/mol. The monoisotopic (exact) mass is 216 g/mol.